The van der Waals surface area contributed by atoms with Crippen LogP contribution in [0.4, 0.5) is 0 Å². The first-order valence-electron chi connectivity index (χ1n) is 5.07. The third-order valence-electron chi connectivity index (χ3n) is 2.33. The molecule has 2 rings (SSSR count). The lowest BCUT2D eigenvalue weighted by atomic mass is 10.1. The maximum Gasteiger partial charge on any atom is 0.194 e. The quantitative estimate of drug-likeness (QED) is 0.717. The Bertz CT molecular complexity index is 518. The maximum atomic E-state index is 12.0. The lowest BCUT2D eigenvalue weighted by molar-refractivity contribution is 0.103. The van der Waals surface area contributed by atoms with E-state index in [0.29, 0.717) is 11.1 Å². The largest absolute Gasteiger partial charge is 0.289 e. The SMILES string of the molecule is Cc1ccc(C(=O)c2ccnc(C)c2)cn1. The topological polar surface area (TPSA) is 42.9 Å². The Kier molecular flexibility index (Phi) is 2.77. The fourth-order valence-electron chi connectivity index (χ4n) is 1.46. The van der Waals surface area contributed by atoms with E-state index >= 15 is 0 Å². The van der Waals surface area contributed by atoms with Crippen LogP contribution in [0.5, 0.6) is 0 Å². The van der Waals surface area contributed by atoms with Gasteiger partial charge in [-0.05, 0) is 38.1 Å². The number of aromatic nitrogens is 2. The standard InChI is InChI=1S/C13H12N2O/c1-9-3-4-12(8-15-9)13(16)11-5-6-14-10(2)7-11/h3-8H,1-2H3. The van der Waals surface area contributed by atoms with Crippen LogP contribution in [0.15, 0.2) is 36.7 Å². The van der Waals surface area contributed by atoms with Crippen molar-refractivity contribution in [1.29, 1.82) is 0 Å². The van der Waals surface area contributed by atoms with Gasteiger partial charge in [0.05, 0.1) is 0 Å². The van der Waals surface area contributed by atoms with E-state index in [9.17, 15) is 4.79 Å². The number of carbonyl (C=O) groups is 1. The molecule has 0 fully saturated rings. The molecule has 0 spiro atoms. The van der Waals surface area contributed by atoms with Gasteiger partial charge in [0.1, 0.15) is 0 Å². The normalized spacial score (nSPS) is 10.1. The molecule has 3 heteroatoms. The highest BCUT2D eigenvalue weighted by Crippen LogP contribution is 2.09. The van der Waals surface area contributed by atoms with E-state index in [1.165, 1.54) is 0 Å². The number of ketones is 1. The van der Waals surface area contributed by atoms with Gasteiger partial charge in [-0.25, -0.2) is 0 Å². The molecule has 2 aromatic rings. The molecule has 80 valence electrons. The number of carbonyl (C=O) groups excluding carboxylic acids is 1. The van der Waals surface area contributed by atoms with E-state index in [1.807, 2.05) is 19.9 Å². The maximum absolute atomic E-state index is 12.0. The molecule has 0 atom stereocenters. The molecule has 0 radical (unpaired) electrons. The van der Waals surface area contributed by atoms with Crippen LogP contribution in [-0.4, -0.2) is 15.8 Å². The molecule has 3 nitrogen and oxygen atoms in total. The van der Waals surface area contributed by atoms with Crippen LogP contribution < -0.4 is 0 Å². The van der Waals surface area contributed by atoms with Crippen molar-refractivity contribution in [3.63, 3.8) is 0 Å². The minimum atomic E-state index is -0.0157. The van der Waals surface area contributed by atoms with Gasteiger partial charge >= 0.3 is 0 Å². The van der Waals surface area contributed by atoms with E-state index in [1.54, 1.807) is 30.6 Å². The highest BCUT2D eigenvalue weighted by Gasteiger charge is 2.09. The molecule has 0 N–H and O–H groups in total. The van der Waals surface area contributed by atoms with Gasteiger partial charge in [-0.1, -0.05) is 0 Å². The Morgan fingerprint density at radius 3 is 2.44 bits per heavy atom. The Balaban J connectivity index is 2.35. The summed E-state index contributed by atoms with van der Waals surface area (Å²) in [5.41, 5.74) is 3.00. The number of nitrogens with zero attached hydrogens (tertiary/aromatic N) is 2. The number of hydrogen-bond donors (Lipinski definition) is 0. The van der Waals surface area contributed by atoms with Gasteiger partial charge in [0, 0.05) is 34.9 Å². The zero-order valence-electron chi connectivity index (χ0n) is 9.27. The second kappa shape index (κ2) is 4.23. The van der Waals surface area contributed by atoms with Gasteiger partial charge in [0.2, 0.25) is 0 Å². The van der Waals surface area contributed by atoms with Crippen molar-refractivity contribution in [1.82, 2.24) is 9.97 Å². The number of pyridine rings is 2. The first-order valence-corrected chi connectivity index (χ1v) is 5.07. The fourth-order valence-corrected chi connectivity index (χ4v) is 1.46. The van der Waals surface area contributed by atoms with Crippen molar-refractivity contribution >= 4 is 5.78 Å². The second-order valence-corrected chi connectivity index (χ2v) is 3.70. The number of rotatable bonds is 2. The van der Waals surface area contributed by atoms with Crippen LogP contribution in [0.1, 0.15) is 27.3 Å². The molecular formula is C13H12N2O. The minimum Gasteiger partial charge on any atom is -0.289 e. The van der Waals surface area contributed by atoms with Crippen molar-refractivity contribution in [2.24, 2.45) is 0 Å². The molecule has 0 aliphatic carbocycles. The molecule has 2 heterocycles. The van der Waals surface area contributed by atoms with Crippen molar-refractivity contribution in [3.05, 3.63) is 59.2 Å². The second-order valence-electron chi connectivity index (χ2n) is 3.70. The van der Waals surface area contributed by atoms with Crippen LogP contribution >= 0.6 is 0 Å². The van der Waals surface area contributed by atoms with Crippen LogP contribution in [0.25, 0.3) is 0 Å². The summed E-state index contributed by atoms with van der Waals surface area (Å²) in [6, 6.07) is 7.12. The van der Waals surface area contributed by atoms with Gasteiger partial charge in [0.15, 0.2) is 5.78 Å². The molecule has 2 aromatic heterocycles. The Labute approximate surface area is 94.2 Å². The lowest BCUT2D eigenvalue weighted by Crippen LogP contribution is -2.02. The highest BCUT2D eigenvalue weighted by atomic mass is 16.1. The van der Waals surface area contributed by atoms with E-state index in [2.05, 4.69) is 9.97 Å². The molecule has 0 aliphatic rings. The van der Waals surface area contributed by atoms with E-state index in [4.69, 9.17) is 0 Å². The van der Waals surface area contributed by atoms with Gasteiger partial charge in [0.25, 0.3) is 0 Å². The van der Waals surface area contributed by atoms with Gasteiger partial charge < -0.3 is 0 Å². The molecule has 0 saturated carbocycles. The Morgan fingerprint density at radius 2 is 1.81 bits per heavy atom. The fraction of sp³-hybridized carbons (Fsp3) is 0.154. The summed E-state index contributed by atoms with van der Waals surface area (Å²) >= 11 is 0. The van der Waals surface area contributed by atoms with Gasteiger partial charge in [-0.15, -0.1) is 0 Å². The molecule has 0 bridgehead atoms. The Hall–Kier alpha value is -2.03. The molecule has 0 aliphatic heterocycles. The lowest BCUT2D eigenvalue weighted by Gasteiger charge is -2.01. The van der Waals surface area contributed by atoms with E-state index in [-0.39, 0.29) is 5.78 Å². The third-order valence-corrected chi connectivity index (χ3v) is 2.33. The van der Waals surface area contributed by atoms with Crippen LogP contribution in [-0.2, 0) is 0 Å². The summed E-state index contributed by atoms with van der Waals surface area (Å²) in [5, 5.41) is 0. The predicted octanol–water partition coefficient (Wildman–Crippen LogP) is 2.32. The van der Waals surface area contributed by atoms with Crippen molar-refractivity contribution < 1.29 is 4.79 Å². The summed E-state index contributed by atoms with van der Waals surface area (Å²) in [6.45, 7) is 3.76. The van der Waals surface area contributed by atoms with Gasteiger partial charge in [-0.2, -0.15) is 0 Å². The highest BCUT2D eigenvalue weighted by molar-refractivity contribution is 6.08. The van der Waals surface area contributed by atoms with Crippen molar-refractivity contribution in [3.8, 4) is 0 Å². The number of hydrogen-bond acceptors (Lipinski definition) is 3. The third kappa shape index (κ3) is 2.14. The monoisotopic (exact) mass is 212 g/mol. The average Bonchev–Trinajstić information content (AvgIpc) is 2.29. The summed E-state index contributed by atoms with van der Waals surface area (Å²) in [5.74, 6) is -0.0157. The van der Waals surface area contributed by atoms with Crippen molar-refractivity contribution in [2.45, 2.75) is 13.8 Å². The van der Waals surface area contributed by atoms with Gasteiger partial charge in [-0.3, -0.25) is 14.8 Å². The van der Waals surface area contributed by atoms with Crippen LogP contribution in [0.3, 0.4) is 0 Å². The Morgan fingerprint density at radius 1 is 1.00 bits per heavy atom. The van der Waals surface area contributed by atoms with Crippen molar-refractivity contribution in [2.75, 3.05) is 0 Å². The molecular weight excluding hydrogens is 200 g/mol. The van der Waals surface area contributed by atoms with Crippen LogP contribution in [0.2, 0.25) is 0 Å². The summed E-state index contributed by atoms with van der Waals surface area (Å²) < 4.78 is 0. The average molecular weight is 212 g/mol. The first-order chi connectivity index (χ1) is 7.66. The zero-order valence-corrected chi connectivity index (χ0v) is 9.27. The first kappa shape index (κ1) is 10.5. The molecule has 16 heavy (non-hydrogen) atoms. The summed E-state index contributed by atoms with van der Waals surface area (Å²) in [6.07, 6.45) is 3.25. The van der Waals surface area contributed by atoms with E-state index < -0.39 is 0 Å². The number of aryl methyl sites for hydroxylation is 2. The molecule has 0 amide bonds. The molecule has 0 unspecified atom stereocenters. The molecule has 0 aromatic carbocycles. The smallest absolute Gasteiger partial charge is 0.194 e. The van der Waals surface area contributed by atoms with Crippen LogP contribution in [0, 0.1) is 13.8 Å². The minimum absolute atomic E-state index is 0.0157. The molecule has 0 saturated heterocycles. The summed E-state index contributed by atoms with van der Waals surface area (Å²) in [4.78, 5) is 20.2. The summed E-state index contributed by atoms with van der Waals surface area (Å²) in [7, 11) is 0. The van der Waals surface area contributed by atoms with E-state index in [0.717, 1.165) is 11.4 Å². The predicted molar refractivity (Wildman–Crippen MR) is 61.4 cm³/mol. The zero-order chi connectivity index (χ0) is 11.5.